The number of nitrogens with two attached hydrogens (primary N) is 1. The van der Waals surface area contributed by atoms with Gasteiger partial charge in [-0.05, 0) is 70.9 Å². The molecule has 0 spiro atoms. The zero-order valence-electron chi connectivity index (χ0n) is 21.4. The van der Waals surface area contributed by atoms with Crippen molar-refractivity contribution in [3.8, 4) is 5.75 Å². The number of pyridine rings is 6. The SMILES string of the molecule is COc1cncc(N)c1.Cc1cncc(Nc2cnc3ccc(Cl)nc3c2)c1.Clc1ccc2ncc(Br)cc2n1. The smallest absolute Gasteiger partial charge is 0.139 e. The molecule has 0 saturated carbocycles. The summed E-state index contributed by atoms with van der Waals surface area (Å²) in [6.45, 7) is 2.00. The van der Waals surface area contributed by atoms with Gasteiger partial charge in [-0.1, -0.05) is 23.2 Å². The van der Waals surface area contributed by atoms with E-state index in [9.17, 15) is 0 Å². The lowest BCUT2D eigenvalue weighted by Gasteiger charge is -2.07. The molecule has 0 amide bonds. The molecule has 6 aromatic heterocycles. The Kier molecular flexibility index (Phi) is 9.96. The van der Waals surface area contributed by atoms with E-state index in [-0.39, 0.29) is 0 Å². The zero-order valence-corrected chi connectivity index (χ0v) is 24.5. The van der Waals surface area contributed by atoms with Gasteiger partial charge < -0.3 is 15.8 Å². The van der Waals surface area contributed by atoms with Crippen molar-refractivity contribution < 1.29 is 4.74 Å². The number of nitrogens with one attached hydrogen (secondary N) is 1. The van der Waals surface area contributed by atoms with Gasteiger partial charge in [-0.2, -0.15) is 0 Å². The number of aromatic nitrogens is 6. The van der Waals surface area contributed by atoms with E-state index >= 15 is 0 Å². The first kappa shape index (κ1) is 28.9. The number of hydrogen-bond acceptors (Lipinski definition) is 9. The van der Waals surface area contributed by atoms with Crippen LogP contribution in [0.4, 0.5) is 17.1 Å². The van der Waals surface area contributed by atoms with Crippen molar-refractivity contribution in [1.29, 1.82) is 0 Å². The van der Waals surface area contributed by atoms with Crippen LogP contribution < -0.4 is 15.8 Å². The second kappa shape index (κ2) is 13.8. The summed E-state index contributed by atoms with van der Waals surface area (Å²) in [5.41, 5.74) is 12.1. The Morgan fingerprint density at radius 2 is 1.35 bits per heavy atom. The number of nitrogen functional groups attached to an aromatic ring is 1. The number of aryl methyl sites for hydroxylation is 1. The third kappa shape index (κ3) is 8.44. The molecule has 3 N–H and O–H groups in total. The molecule has 0 radical (unpaired) electrons. The van der Waals surface area contributed by atoms with E-state index in [1.54, 1.807) is 56.3 Å². The van der Waals surface area contributed by atoms with Crippen molar-refractivity contribution in [3.63, 3.8) is 0 Å². The number of halogens is 3. The van der Waals surface area contributed by atoms with E-state index in [0.29, 0.717) is 21.7 Å². The van der Waals surface area contributed by atoms with Crippen molar-refractivity contribution in [1.82, 2.24) is 29.9 Å². The Morgan fingerprint density at radius 1 is 0.725 bits per heavy atom. The summed E-state index contributed by atoms with van der Waals surface area (Å²) in [6, 6.07) is 14.7. The van der Waals surface area contributed by atoms with Crippen LogP contribution in [0, 0.1) is 6.92 Å². The van der Waals surface area contributed by atoms with E-state index in [4.69, 9.17) is 33.7 Å². The predicted octanol–water partition coefficient (Wildman–Crippen LogP) is 7.45. The molecule has 0 saturated heterocycles. The summed E-state index contributed by atoms with van der Waals surface area (Å²) in [4.78, 5) is 24.8. The zero-order chi connectivity index (χ0) is 28.5. The van der Waals surface area contributed by atoms with E-state index in [0.717, 1.165) is 43.5 Å². The van der Waals surface area contributed by atoms with Gasteiger partial charge in [0, 0.05) is 22.9 Å². The Labute approximate surface area is 249 Å². The molecule has 0 fully saturated rings. The molecular weight excluding hydrogens is 615 g/mol. The van der Waals surface area contributed by atoms with E-state index in [1.807, 2.05) is 43.5 Å². The summed E-state index contributed by atoms with van der Waals surface area (Å²) in [5, 5.41) is 4.20. The fourth-order valence-corrected chi connectivity index (χ4v) is 3.97. The maximum atomic E-state index is 5.88. The van der Waals surface area contributed by atoms with Crippen LogP contribution in [0.25, 0.3) is 22.1 Å². The van der Waals surface area contributed by atoms with Gasteiger partial charge in [0.1, 0.15) is 16.1 Å². The summed E-state index contributed by atoms with van der Waals surface area (Å²) in [5.74, 6) is 0.690. The Balaban J connectivity index is 0.000000151. The first-order valence-corrected chi connectivity index (χ1v) is 13.3. The van der Waals surface area contributed by atoms with Crippen molar-refractivity contribution in [3.05, 3.63) is 106 Å². The molecule has 40 heavy (non-hydrogen) atoms. The Bertz CT molecular complexity index is 1720. The molecule has 0 aliphatic carbocycles. The molecule has 0 aliphatic rings. The number of fused-ring (bicyclic) bond motifs is 2. The van der Waals surface area contributed by atoms with Gasteiger partial charge in [-0.25, -0.2) is 9.97 Å². The molecule has 0 aromatic carbocycles. The maximum Gasteiger partial charge on any atom is 0.139 e. The lowest BCUT2D eigenvalue weighted by molar-refractivity contribution is 0.413. The highest BCUT2D eigenvalue weighted by Gasteiger charge is 2.02. The predicted molar refractivity (Wildman–Crippen MR) is 164 cm³/mol. The van der Waals surface area contributed by atoms with Crippen LogP contribution in [0.1, 0.15) is 5.56 Å². The highest BCUT2D eigenvalue weighted by Crippen LogP contribution is 2.21. The van der Waals surface area contributed by atoms with Crippen molar-refractivity contribution >= 4 is 78.3 Å². The second-order valence-corrected chi connectivity index (χ2v) is 9.95. The topological polar surface area (TPSA) is 125 Å². The lowest BCUT2D eigenvalue weighted by atomic mass is 10.2. The van der Waals surface area contributed by atoms with Crippen LogP contribution in [-0.4, -0.2) is 37.0 Å². The summed E-state index contributed by atoms with van der Waals surface area (Å²) in [7, 11) is 1.58. The minimum atomic E-state index is 0.462. The van der Waals surface area contributed by atoms with Crippen LogP contribution in [0.5, 0.6) is 5.75 Å². The first-order chi connectivity index (χ1) is 19.3. The minimum Gasteiger partial charge on any atom is -0.495 e. The molecule has 6 rings (SSSR count). The summed E-state index contributed by atoms with van der Waals surface area (Å²) in [6.07, 6.45) is 10.3. The highest BCUT2D eigenvalue weighted by molar-refractivity contribution is 9.10. The monoisotopic (exact) mass is 636 g/mol. The molecular formula is C28H23BrCl2N8O. The van der Waals surface area contributed by atoms with E-state index in [1.165, 1.54) is 0 Å². The standard InChI is InChI=1S/C14H11ClN4.C8H4BrClN2.C6H8N2O/c1-9-4-10(7-16-6-9)18-11-5-13-12(17-8-11)2-3-14(15)19-13;9-5-3-7-6(11-4-5)1-2-8(10)12-7;1-9-6-2-5(7)3-8-4-6/h2-8,18H,1H3;1-4H;2-4H,7H2,1H3. The molecule has 0 atom stereocenters. The second-order valence-electron chi connectivity index (χ2n) is 8.26. The number of rotatable bonds is 3. The largest absolute Gasteiger partial charge is 0.495 e. The number of ether oxygens (including phenoxy) is 1. The van der Waals surface area contributed by atoms with Crippen molar-refractivity contribution in [2.75, 3.05) is 18.2 Å². The van der Waals surface area contributed by atoms with Crippen LogP contribution in [0.2, 0.25) is 10.3 Å². The maximum absolute atomic E-state index is 5.88. The van der Waals surface area contributed by atoms with Crippen LogP contribution in [-0.2, 0) is 0 Å². The van der Waals surface area contributed by atoms with Gasteiger partial charge >= 0.3 is 0 Å². The fraction of sp³-hybridized carbons (Fsp3) is 0.0714. The highest BCUT2D eigenvalue weighted by atomic mass is 79.9. The molecule has 12 heteroatoms. The first-order valence-electron chi connectivity index (χ1n) is 11.7. The molecule has 6 aromatic rings. The number of anilines is 3. The van der Waals surface area contributed by atoms with Gasteiger partial charge in [0.15, 0.2) is 0 Å². The Morgan fingerprint density at radius 3 is 1.98 bits per heavy atom. The Hall–Kier alpha value is -4.12. The average Bonchev–Trinajstić information content (AvgIpc) is 2.93. The van der Waals surface area contributed by atoms with Crippen LogP contribution in [0.15, 0.2) is 90.2 Å². The number of methoxy groups -OCH3 is 1. The van der Waals surface area contributed by atoms with Gasteiger partial charge in [-0.15, -0.1) is 0 Å². The molecule has 202 valence electrons. The van der Waals surface area contributed by atoms with Gasteiger partial charge in [0.2, 0.25) is 0 Å². The number of hydrogen-bond donors (Lipinski definition) is 2. The van der Waals surface area contributed by atoms with Gasteiger partial charge in [0.25, 0.3) is 0 Å². The van der Waals surface area contributed by atoms with E-state index in [2.05, 4.69) is 51.2 Å². The fourth-order valence-electron chi connectivity index (χ4n) is 3.34. The lowest BCUT2D eigenvalue weighted by Crippen LogP contribution is -1.93. The third-order valence-electron chi connectivity index (χ3n) is 5.11. The van der Waals surface area contributed by atoms with Gasteiger partial charge in [-0.3, -0.25) is 19.9 Å². The van der Waals surface area contributed by atoms with Crippen LogP contribution >= 0.6 is 39.1 Å². The molecule has 0 bridgehead atoms. The molecule has 9 nitrogen and oxygen atoms in total. The minimum absolute atomic E-state index is 0.462. The van der Waals surface area contributed by atoms with Gasteiger partial charge in [0.05, 0.1) is 71.0 Å². The molecule has 0 unspecified atom stereocenters. The van der Waals surface area contributed by atoms with Crippen LogP contribution in [0.3, 0.4) is 0 Å². The summed E-state index contributed by atoms with van der Waals surface area (Å²) < 4.78 is 5.76. The average molecular weight is 638 g/mol. The van der Waals surface area contributed by atoms with E-state index < -0.39 is 0 Å². The molecule has 0 aliphatic heterocycles. The quantitative estimate of drug-likeness (QED) is 0.190. The molecule has 6 heterocycles. The number of nitrogens with zero attached hydrogens (tertiary/aromatic N) is 6. The van der Waals surface area contributed by atoms with Crippen molar-refractivity contribution in [2.24, 2.45) is 0 Å². The normalized spacial score (nSPS) is 10.2. The van der Waals surface area contributed by atoms with Crippen molar-refractivity contribution in [2.45, 2.75) is 6.92 Å². The summed E-state index contributed by atoms with van der Waals surface area (Å²) >= 11 is 14.9. The third-order valence-corrected chi connectivity index (χ3v) is 5.96.